The van der Waals surface area contributed by atoms with E-state index in [1.54, 1.807) is 6.20 Å². The number of pyridine rings is 1. The van der Waals surface area contributed by atoms with Crippen molar-refractivity contribution in [1.29, 1.82) is 0 Å². The van der Waals surface area contributed by atoms with Gasteiger partial charge in [0.25, 0.3) is 0 Å². The molecular formula is C16H25N3O2. The topological polar surface area (TPSA) is 56.7 Å². The van der Waals surface area contributed by atoms with Crippen LogP contribution in [0.25, 0.3) is 0 Å². The van der Waals surface area contributed by atoms with Crippen LogP contribution in [0.15, 0.2) is 18.3 Å². The van der Waals surface area contributed by atoms with E-state index in [-0.39, 0.29) is 12.0 Å². The highest BCUT2D eigenvalue weighted by Crippen LogP contribution is 2.08. The maximum atomic E-state index is 12.3. The van der Waals surface area contributed by atoms with Gasteiger partial charge in [-0.05, 0) is 25.0 Å². The van der Waals surface area contributed by atoms with Gasteiger partial charge >= 0.3 is 0 Å². The minimum absolute atomic E-state index is 0.163. The molecule has 0 saturated carbocycles. The zero-order valence-corrected chi connectivity index (χ0v) is 13.0. The maximum absolute atomic E-state index is 12.3. The quantitative estimate of drug-likeness (QED) is 0.874. The maximum Gasteiger partial charge on any atom is 0.227 e. The van der Waals surface area contributed by atoms with Crippen LogP contribution in [0.3, 0.4) is 0 Å². The van der Waals surface area contributed by atoms with Gasteiger partial charge in [-0.3, -0.25) is 14.7 Å². The molecule has 5 nitrogen and oxygen atoms in total. The molecule has 1 aliphatic heterocycles. The smallest absolute Gasteiger partial charge is 0.227 e. The molecule has 0 spiro atoms. The molecule has 1 aromatic rings. The SMILES string of the molecule is CC[C@H](O)CN1CCN(C(=O)Cc2ccc(C)nc2)CC1. The van der Waals surface area contributed by atoms with E-state index >= 15 is 0 Å². The lowest BCUT2D eigenvalue weighted by Gasteiger charge is -2.35. The first-order valence-electron chi connectivity index (χ1n) is 7.68. The summed E-state index contributed by atoms with van der Waals surface area (Å²) in [4.78, 5) is 20.6. The van der Waals surface area contributed by atoms with Crippen molar-refractivity contribution in [1.82, 2.24) is 14.8 Å². The van der Waals surface area contributed by atoms with Crippen LogP contribution < -0.4 is 0 Å². The Morgan fingerprint density at radius 1 is 1.33 bits per heavy atom. The summed E-state index contributed by atoms with van der Waals surface area (Å²) >= 11 is 0. The standard InChI is InChI=1S/C16H25N3O2/c1-3-15(20)12-18-6-8-19(9-7-18)16(21)10-14-5-4-13(2)17-11-14/h4-5,11,15,20H,3,6-10,12H2,1-2H3/t15-/m0/s1. The van der Waals surface area contributed by atoms with Gasteiger partial charge in [0.2, 0.25) is 5.91 Å². The number of β-amino-alcohol motifs (C(OH)–C–C–N with tert-alkyl or cyclic N) is 1. The Morgan fingerprint density at radius 3 is 2.62 bits per heavy atom. The van der Waals surface area contributed by atoms with Crippen molar-refractivity contribution in [3.8, 4) is 0 Å². The van der Waals surface area contributed by atoms with Crippen LogP contribution in [-0.4, -0.2) is 64.6 Å². The molecule has 0 aliphatic carbocycles. The number of aromatic nitrogens is 1. The number of aryl methyl sites for hydroxylation is 1. The molecular weight excluding hydrogens is 266 g/mol. The molecule has 21 heavy (non-hydrogen) atoms. The van der Waals surface area contributed by atoms with Crippen molar-refractivity contribution in [2.75, 3.05) is 32.7 Å². The van der Waals surface area contributed by atoms with Gasteiger partial charge in [0.1, 0.15) is 0 Å². The highest BCUT2D eigenvalue weighted by molar-refractivity contribution is 5.78. The Balaban J connectivity index is 1.79. The fourth-order valence-corrected chi connectivity index (χ4v) is 2.50. The summed E-state index contributed by atoms with van der Waals surface area (Å²) in [6, 6.07) is 3.90. The van der Waals surface area contributed by atoms with Gasteiger partial charge in [-0.1, -0.05) is 13.0 Å². The number of piperazine rings is 1. The van der Waals surface area contributed by atoms with E-state index in [1.807, 2.05) is 30.9 Å². The van der Waals surface area contributed by atoms with Gasteiger partial charge in [-0.2, -0.15) is 0 Å². The number of hydrogen-bond acceptors (Lipinski definition) is 4. The van der Waals surface area contributed by atoms with Gasteiger partial charge in [-0.15, -0.1) is 0 Å². The third-order valence-electron chi connectivity index (χ3n) is 3.99. The zero-order valence-electron chi connectivity index (χ0n) is 13.0. The Morgan fingerprint density at radius 2 is 2.05 bits per heavy atom. The number of nitrogens with zero attached hydrogens (tertiary/aromatic N) is 3. The average molecular weight is 291 g/mol. The average Bonchev–Trinajstić information content (AvgIpc) is 2.50. The second kappa shape index (κ2) is 7.52. The lowest BCUT2D eigenvalue weighted by atomic mass is 10.1. The Hall–Kier alpha value is -1.46. The molecule has 1 N–H and O–H groups in total. The fraction of sp³-hybridized carbons (Fsp3) is 0.625. The number of amides is 1. The molecule has 0 aromatic carbocycles. The summed E-state index contributed by atoms with van der Waals surface area (Å²) in [6.45, 7) is 7.81. The number of carbonyl (C=O) groups excluding carboxylic acids is 1. The lowest BCUT2D eigenvalue weighted by Crippen LogP contribution is -2.50. The van der Waals surface area contributed by atoms with E-state index in [2.05, 4.69) is 9.88 Å². The monoisotopic (exact) mass is 291 g/mol. The van der Waals surface area contributed by atoms with Crippen molar-refractivity contribution >= 4 is 5.91 Å². The summed E-state index contributed by atoms with van der Waals surface area (Å²) in [5, 5.41) is 9.67. The van der Waals surface area contributed by atoms with Crippen molar-refractivity contribution in [3.63, 3.8) is 0 Å². The molecule has 116 valence electrons. The molecule has 0 bridgehead atoms. The van der Waals surface area contributed by atoms with Crippen molar-refractivity contribution < 1.29 is 9.90 Å². The molecule has 1 atom stereocenters. The molecule has 5 heteroatoms. The number of aliphatic hydroxyl groups excluding tert-OH is 1. The Labute approximate surface area is 126 Å². The van der Waals surface area contributed by atoms with E-state index < -0.39 is 0 Å². The van der Waals surface area contributed by atoms with E-state index in [4.69, 9.17) is 0 Å². The summed E-state index contributed by atoms with van der Waals surface area (Å²) in [5.41, 5.74) is 1.93. The molecule has 1 aromatic heterocycles. The van der Waals surface area contributed by atoms with Gasteiger partial charge in [0.15, 0.2) is 0 Å². The van der Waals surface area contributed by atoms with Gasteiger partial charge in [-0.25, -0.2) is 0 Å². The Kier molecular flexibility index (Phi) is 5.70. The summed E-state index contributed by atoms with van der Waals surface area (Å²) in [6.07, 6.45) is 2.72. The fourth-order valence-electron chi connectivity index (χ4n) is 2.50. The van der Waals surface area contributed by atoms with Crippen LogP contribution in [0.2, 0.25) is 0 Å². The van der Waals surface area contributed by atoms with Crippen molar-refractivity contribution in [3.05, 3.63) is 29.6 Å². The van der Waals surface area contributed by atoms with Gasteiger partial charge in [0.05, 0.1) is 12.5 Å². The number of hydrogen-bond donors (Lipinski definition) is 1. The first-order valence-corrected chi connectivity index (χ1v) is 7.68. The van der Waals surface area contributed by atoms with Crippen LogP contribution in [0.4, 0.5) is 0 Å². The zero-order chi connectivity index (χ0) is 15.2. The van der Waals surface area contributed by atoms with Crippen LogP contribution in [0.5, 0.6) is 0 Å². The van der Waals surface area contributed by atoms with Crippen molar-refractivity contribution in [2.24, 2.45) is 0 Å². The van der Waals surface area contributed by atoms with Crippen molar-refractivity contribution in [2.45, 2.75) is 32.8 Å². The van der Waals surface area contributed by atoms with Crippen LogP contribution in [-0.2, 0) is 11.2 Å². The van der Waals surface area contributed by atoms with Gasteiger partial charge < -0.3 is 10.0 Å². The minimum Gasteiger partial charge on any atom is -0.392 e. The minimum atomic E-state index is -0.258. The number of carbonyl (C=O) groups is 1. The number of rotatable bonds is 5. The van der Waals surface area contributed by atoms with Crippen LogP contribution >= 0.6 is 0 Å². The highest BCUT2D eigenvalue weighted by Gasteiger charge is 2.22. The van der Waals surface area contributed by atoms with Crippen LogP contribution in [0.1, 0.15) is 24.6 Å². The second-order valence-corrected chi connectivity index (χ2v) is 5.73. The lowest BCUT2D eigenvalue weighted by molar-refractivity contribution is -0.132. The molecule has 0 unspecified atom stereocenters. The van der Waals surface area contributed by atoms with Crippen LogP contribution in [0, 0.1) is 6.92 Å². The first-order chi connectivity index (χ1) is 10.1. The molecule has 1 aliphatic rings. The largest absolute Gasteiger partial charge is 0.392 e. The van der Waals surface area contributed by atoms with E-state index in [0.717, 1.165) is 43.9 Å². The van der Waals surface area contributed by atoms with E-state index in [0.29, 0.717) is 13.0 Å². The summed E-state index contributed by atoms with van der Waals surface area (Å²) < 4.78 is 0. The van der Waals surface area contributed by atoms with E-state index in [1.165, 1.54) is 0 Å². The van der Waals surface area contributed by atoms with Gasteiger partial charge in [0, 0.05) is 44.6 Å². The molecule has 1 fully saturated rings. The molecule has 0 radical (unpaired) electrons. The molecule has 2 rings (SSSR count). The summed E-state index contributed by atoms with van der Waals surface area (Å²) in [7, 11) is 0. The molecule has 2 heterocycles. The highest BCUT2D eigenvalue weighted by atomic mass is 16.3. The summed E-state index contributed by atoms with van der Waals surface area (Å²) in [5.74, 6) is 0.163. The Bertz CT molecular complexity index is 453. The predicted molar refractivity (Wildman–Crippen MR) is 82.0 cm³/mol. The first kappa shape index (κ1) is 15.9. The second-order valence-electron chi connectivity index (χ2n) is 5.73. The predicted octanol–water partition coefficient (Wildman–Crippen LogP) is 0.848. The third kappa shape index (κ3) is 4.79. The molecule has 1 saturated heterocycles. The number of aliphatic hydroxyl groups is 1. The molecule has 1 amide bonds. The normalized spacial score (nSPS) is 17.8. The van der Waals surface area contributed by atoms with E-state index in [9.17, 15) is 9.90 Å². The third-order valence-corrected chi connectivity index (χ3v) is 3.99.